The monoisotopic (exact) mass is 206 g/mol. The van der Waals surface area contributed by atoms with Gasteiger partial charge in [-0.1, -0.05) is 6.92 Å². The molecule has 0 saturated heterocycles. The fourth-order valence-corrected chi connectivity index (χ4v) is 3.52. The molecular weight excluding hydrogens is 192 g/mol. The number of Topliss-reactive ketones (excluding diaryl/α,β-unsaturated/α-hetero) is 1. The Kier molecular flexibility index (Phi) is 1.67. The van der Waals surface area contributed by atoms with Gasteiger partial charge in [0.15, 0.2) is 5.78 Å². The van der Waals surface area contributed by atoms with Gasteiger partial charge < -0.3 is 0 Å². The molecule has 1 aromatic rings. The number of aryl methyl sites for hydroxylation is 2. The number of fused-ring (bicyclic) bond motifs is 1. The third-order valence-corrected chi connectivity index (χ3v) is 4.96. The molecule has 1 heterocycles. The molecule has 0 amide bonds. The molecule has 2 heteroatoms. The fourth-order valence-electron chi connectivity index (χ4n) is 2.42. The van der Waals surface area contributed by atoms with Crippen molar-refractivity contribution in [3.8, 4) is 0 Å². The topological polar surface area (TPSA) is 17.1 Å². The summed E-state index contributed by atoms with van der Waals surface area (Å²) in [6.07, 6.45) is 5.61. The predicted molar refractivity (Wildman–Crippen MR) is 58.0 cm³/mol. The zero-order valence-electron chi connectivity index (χ0n) is 8.43. The summed E-state index contributed by atoms with van der Waals surface area (Å²) in [6, 6.07) is 2.14. The number of carbonyl (C=O) groups is 1. The maximum Gasteiger partial charge on any atom is 0.170 e. The number of carbonyl (C=O) groups excluding carboxylic acids is 1. The lowest BCUT2D eigenvalue weighted by Crippen LogP contribution is -2.22. The molecule has 1 nitrogen and oxygen atoms in total. The number of rotatable bonds is 1. The Hall–Kier alpha value is -0.630. The van der Waals surface area contributed by atoms with Gasteiger partial charge in [0.25, 0.3) is 0 Å². The van der Waals surface area contributed by atoms with Crippen LogP contribution in [0.5, 0.6) is 0 Å². The minimum absolute atomic E-state index is 0.110. The second-order valence-corrected chi connectivity index (χ2v) is 5.73. The Labute approximate surface area is 88.1 Å². The average molecular weight is 206 g/mol. The van der Waals surface area contributed by atoms with Crippen LogP contribution in [0.1, 0.15) is 46.3 Å². The molecule has 1 aromatic heterocycles. The van der Waals surface area contributed by atoms with Crippen molar-refractivity contribution < 1.29 is 4.79 Å². The molecule has 2 aliphatic carbocycles. The smallest absolute Gasteiger partial charge is 0.170 e. The summed E-state index contributed by atoms with van der Waals surface area (Å²) in [5.74, 6) is 0.453. The number of thiophene rings is 1. The average Bonchev–Trinajstić information content (AvgIpc) is 2.85. The van der Waals surface area contributed by atoms with Gasteiger partial charge in [-0.2, -0.15) is 0 Å². The van der Waals surface area contributed by atoms with Crippen LogP contribution in [-0.2, 0) is 12.8 Å². The number of hydrogen-bond donors (Lipinski definition) is 0. The summed E-state index contributed by atoms with van der Waals surface area (Å²) < 4.78 is 0. The molecule has 0 aliphatic heterocycles. The summed E-state index contributed by atoms with van der Waals surface area (Å²) in [7, 11) is 0. The summed E-state index contributed by atoms with van der Waals surface area (Å²) in [5, 5.41) is 0. The molecule has 3 rings (SSSR count). The zero-order chi connectivity index (χ0) is 9.76. The Bertz CT molecular complexity index is 398. The van der Waals surface area contributed by atoms with Gasteiger partial charge in [-0.25, -0.2) is 0 Å². The van der Waals surface area contributed by atoms with Crippen molar-refractivity contribution in [1.82, 2.24) is 0 Å². The molecule has 0 N–H and O–H groups in total. The summed E-state index contributed by atoms with van der Waals surface area (Å²) >= 11 is 1.85. The predicted octanol–water partition coefficient (Wildman–Crippen LogP) is 3.22. The Morgan fingerprint density at radius 2 is 2.21 bits per heavy atom. The standard InChI is InChI=1S/C12H14OS/c1-2-8-7-9-10(14-8)3-4-12(5-6-12)11(9)13/h7H,2-6H2,1H3. The van der Waals surface area contributed by atoms with Crippen LogP contribution in [0, 0.1) is 5.41 Å². The van der Waals surface area contributed by atoms with E-state index in [4.69, 9.17) is 0 Å². The van der Waals surface area contributed by atoms with Gasteiger partial charge in [0.1, 0.15) is 0 Å². The van der Waals surface area contributed by atoms with Crippen molar-refractivity contribution in [2.24, 2.45) is 5.41 Å². The first-order chi connectivity index (χ1) is 6.75. The van der Waals surface area contributed by atoms with Crippen molar-refractivity contribution in [2.75, 3.05) is 0 Å². The van der Waals surface area contributed by atoms with Gasteiger partial charge in [0, 0.05) is 20.7 Å². The van der Waals surface area contributed by atoms with E-state index in [1.807, 2.05) is 11.3 Å². The van der Waals surface area contributed by atoms with Gasteiger partial charge in [-0.05, 0) is 38.2 Å². The SMILES string of the molecule is CCc1cc2c(s1)CCC1(CC1)C2=O. The lowest BCUT2D eigenvalue weighted by Gasteiger charge is -2.19. The molecule has 74 valence electrons. The molecule has 0 bridgehead atoms. The first-order valence-corrected chi connectivity index (χ1v) is 6.23. The van der Waals surface area contributed by atoms with E-state index in [0.717, 1.165) is 37.7 Å². The van der Waals surface area contributed by atoms with Crippen LogP contribution in [0.3, 0.4) is 0 Å². The van der Waals surface area contributed by atoms with Crippen molar-refractivity contribution in [2.45, 2.75) is 39.0 Å². The second-order valence-electron chi connectivity index (χ2n) is 4.51. The maximum absolute atomic E-state index is 12.1. The van der Waals surface area contributed by atoms with Crippen molar-refractivity contribution >= 4 is 17.1 Å². The molecule has 0 radical (unpaired) electrons. The Balaban J connectivity index is 2.06. The normalized spacial score (nSPS) is 22.5. The molecule has 0 aromatic carbocycles. The van der Waals surface area contributed by atoms with E-state index in [9.17, 15) is 4.79 Å². The van der Waals surface area contributed by atoms with E-state index in [1.165, 1.54) is 9.75 Å². The lowest BCUT2D eigenvalue weighted by atomic mass is 9.84. The van der Waals surface area contributed by atoms with Crippen molar-refractivity contribution in [3.05, 3.63) is 21.4 Å². The highest BCUT2D eigenvalue weighted by molar-refractivity contribution is 7.12. The fraction of sp³-hybridized carbons (Fsp3) is 0.583. The highest BCUT2D eigenvalue weighted by Gasteiger charge is 2.52. The molecule has 2 aliphatic rings. The highest BCUT2D eigenvalue weighted by atomic mass is 32.1. The Morgan fingerprint density at radius 1 is 1.43 bits per heavy atom. The third-order valence-electron chi connectivity index (χ3n) is 3.62. The van der Waals surface area contributed by atoms with Gasteiger partial charge in [0.2, 0.25) is 0 Å². The van der Waals surface area contributed by atoms with Crippen molar-refractivity contribution in [1.29, 1.82) is 0 Å². The molecular formula is C12H14OS. The highest BCUT2D eigenvalue weighted by Crippen LogP contribution is 2.55. The lowest BCUT2D eigenvalue weighted by molar-refractivity contribution is 0.0881. The first-order valence-electron chi connectivity index (χ1n) is 5.41. The summed E-state index contributed by atoms with van der Waals surface area (Å²) in [6.45, 7) is 2.16. The molecule has 14 heavy (non-hydrogen) atoms. The second kappa shape index (κ2) is 2.69. The summed E-state index contributed by atoms with van der Waals surface area (Å²) in [5.41, 5.74) is 1.18. The van der Waals surface area contributed by atoms with Crippen LogP contribution in [0.4, 0.5) is 0 Å². The van der Waals surface area contributed by atoms with Crippen LogP contribution >= 0.6 is 11.3 Å². The van der Waals surface area contributed by atoms with Gasteiger partial charge >= 0.3 is 0 Å². The summed E-state index contributed by atoms with van der Waals surface area (Å²) in [4.78, 5) is 14.9. The molecule has 1 saturated carbocycles. The van der Waals surface area contributed by atoms with Crippen molar-refractivity contribution in [3.63, 3.8) is 0 Å². The van der Waals surface area contributed by atoms with E-state index in [-0.39, 0.29) is 5.41 Å². The Morgan fingerprint density at radius 3 is 2.86 bits per heavy atom. The minimum atomic E-state index is 0.110. The van der Waals surface area contributed by atoms with Crippen LogP contribution in [-0.4, -0.2) is 5.78 Å². The molecule has 0 atom stereocenters. The molecule has 0 unspecified atom stereocenters. The van der Waals surface area contributed by atoms with E-state index in [1.54, 1.807) is 0 Å². The molecule has 1 fully saturated rings. The first kappa shape index (κ1) is 8.66. The van der Waals surface area contributed by atoms with Crippen LogP contribution in [0.25, 0.3) is 0 Å². The largest absolute Gasteiger partial charge is 0.294 e. The van der Waals surface area contributed by atoms with E-state index in [0.29, 0.717) is 5.78 Å². The van der Waals surface area contributed by atoms with E-state index < -0.39 is 0 Å². The number of hydrogen-bond acceptors (Lipinski definition) is 2. The van der Waals surface area contributed by atoms with Gasteiger partial charge in [-0.15, -0.1) is 11.3 Å². The maximum atomic E-state index is 12.1. The minimum Gasteiger partial charge on any atom is -0.294 e. The van der Waals surface area contributed by atoms with Crippen LogP contribution in [0.15, 0.2) is 6.07 Å². The van der Waals surface area contributed by atoms with Crippen LogP contribution in [0.2, 0.25) is 0 Å². The van der Waals surface area contributed by atoms with E-state index in [2.05, 4.69) is 13.0 Å². The molecule has 1 spiro atoms. The third kappa shape index (κ3) is 1.04. The number of ketones is 1. The van der Waals surface area contributed by atoms with Gasteiger partial charge in [-0.3, -0.25) is 4.79 Å². The van der Waals surface area contributed by atoms with Crippen LogP contribution < -0.4 is 0 Å². The van der Waals surface area contributed by atoms with Gasteiger partial charge in [0.05, 0.1) is 0 Å². The van der Waals surface area contributed by atoms with E-state index >= 15 is 0 Å². The quantitative estimate of drug-likeness (QED) is 0.689. The zero-order valence-corrected chi connectivity index (χ0v) is 9.25.